The number of aromatic nitrogens is 3. The second kappa shape index (κ2) is 4.27. The molecule has 0 amide bonds. The lowest BCUT2D eigenvalue weighted by Crippen LogP contribution is -2.15. The Morgan fingerprint density at radius 1 is 1.40 bits per heavy atom. The molecule has 15 heavy (non-hydrogen) atoms. The molecule has 0 saturated heterocycles. The molecule has 0 unspecified atom stereocenters. The SMILES string of the molecule is Cc1cnc(CNCc2nccn2C)o1. The van der Waals surface area contributed by atoms with Crippen LogP contribution >= 0.6 is 0 Å². The van der Waals surface area contributed by atoms with Gasteiger partial charge in [0.25, 0.3) is 0 Å². The fourth-order valence-corrected chi connectivity index (χ4v) is 1.33. The minimum atomic E-state index is 0.626. The summed E-state index contributed by atoms with van der Waals surface area (Å²) in [6, 6.07) is 0. The van der Waals surface area contributed by atoms with Crippen LogP contribution in [0, 0.1) is 6.92 Å². The summed E-state index contributed by atoms with van der Waals surface area (Å²) in [6.45, 7) is 3.22. The predicted molar refractivity (Wildman–Crippen MR) is 55.0 cm³/mol. The van der Waals surface area contributed by atoms with Gasteiger partial charge in [-0.05, 0) is 6.92 Å². The minimum absolute atomic E-state index is 0.626. The lowest BCUT2D eigenvalue weighted by atomic mass is 10.5. The van der Waals surface area contributed by atoms with E-state index in [1.165, 1.54) is 0 Å². The monoisotopic (exact) mass is 206 g/mol. The highest BCUT2D eigenvalue weighted by atomic mass is 16.4. The Morgan fingerprint density at radius 2 is 2.27 bits per heavy atom. The van der Waals surface area contributed by atoms with Crippen molar-refractivity contribution < 1.29 is 4.42 Å². The van der Waals surface area contributed by atoms with Crippen LogP contribution in [-0.2, 0) is 20.1 Å². The average molecular weight is 206 g/mol. The molecule has 0 bridgehead atoms. The van der Waals surface area contributed by atoms with E-state index < -0.39 is 0 Å². The zero-order valence-corrected chi connectivity index (χ0v) is 8.90. The van der Waals surface area contributed by atoms with Crippen LogP contribution in [0.5, 0.6) is 0 Å². The van der Waals surface area contributed by atoms with Gasteiger partial charge in [-0.3, -0.25) is 0 Å². The summed E-state index contributed by atoms with van der Waals surface area (Å²) in [4.78, 5) is 8.30. The third-order valence-electron chi connectivity index (χ3n) is 2.15. The fourth-order valence-electron chi connectivity index (χ4n) is 1.33. The van der Waals surface area contributed by atoms with Crippen molar-refractivity contribution in [2.75, 3.05) is 0 Å². The Balaban J connectivity index is 1.83. The summed E-state index contributed by atoms with van der Waals surface area (Å²) < 4.78 is 7.31. The van der Waals surface area contributed by atoms with Crippen molar-refractivity contribution in [2.24, 2.45) is 7.05 Å². The summed E-state index contributed by atoms with van der Waals surface area (Å²) in [6.07, 6.45) is 5.43. The summed E-state index contributed by atoms with van der Waals surface area (Å²) in [5.74, 6) is 2.55. The maximum absolute atomic E-state index is 5.33. The molecule has 0 aliphatic heterocycles. The first-order valence-corrected chi connectivity index (χ1v) is 4.84. The Morgan fingerprint density at radius 3 is 2.87 bits per heavy atom. The number of oxazole rings is 1. The second-order valence-electron chi connectivity index (χ2n) is 3.42. The van der Waals surface area contributed by atoms with Crippen molar-refractivity contribution in [1.82, 2.24) is 19.9 Å². The highest BCUT2D eigenvalue weighted by Crippen LogP contribution is 2.01. The predicted octanol–water partition coefficient (Wildman–Crippen LogP) is 1.01. The van der Waals surface area contributed by atoms with Crippen molar-refractivity contribution in [1.29, 1.82) is 0 Å². The maximum Gasteiger partial charge on any atom is 0.208 e. The van der Waals surface area contributed by atoms with Crippen LogP contribution in [-0.4, -0.2) is 14.5 Å². The number of imidazole rings is 1. The van der Waals surface area contributed by atoms with Gasteiger partial charge in [0.05, 0.1) is 19.3 Å². The molecule has 0 aromatic carbocycles. The number of aryl methyl sites for hydroxylation is 2. The van der Waals surface area contributed by atoms with Crippen LogP contribution < -0.4 is 5.32 Å². The maximum atomic E-state index is 5.33. The first kappa shape index (κ1) is 9.92. The van der Waals surface area contributed by atoms with Gasteiger partial charge in [-0.25, -0.2) is 9.97 Å². The molecule has 0 saturated carbocycles. The second-order valence-corrected chi connectivity index (χ2v) is 3.42. The molecule has 0 fully saturated rings. The van der Waals surface area contributed by atoms with Crippen molar-refractivity contribution in [3.8, 4) is 0 Å². The van der Waals surface area contributed by atoms with Crippen LogP contribution in [0.15, 0.2) is 23.0 Å². The number of nitrogens with one attached hydrogen (secondary N) is 1. The largest absolute Gasteiger partial charge is 0.445 e. The van der Waals surface area contributed by atoms with E-state index in [9.17, 15) is 0 Å². The zero-order chi connectivity index (χ0) is 10.7. The molecule has 0 atom stereocenters. The van der Waals surface area contributed by atoms with E-state index in [0.29, 0.717) is 19.0 Å². The van der Waals surface area contributed by atoms with Gasteiger partial charge >= 0.3 is 0 Å². The standard InChI is InChI=1S/C10H14N4O/c1-8-5-13-10(15-8)7-11-6-9-12-3-4-14(9)2/h3-5,11H,6-7H2,1-2H3. The third-order valence-corrected chi connectivity index (χ3v) is 2.15. The van der Waals surface area contributed by atoms with Gasteiger partial charge in [-0.15, -0.1) is 0 Å². The van der Waals surface area contributed by atoms with Gasteiger partial charge in [-0.2, -0.15) is 0 Å². The van der Waals surface area contributed by atoms with E-state index in [0.717, 1.165) is 11.6 Å². The van der Waals surface area contributed by atoms with Crippen molar-refractivity contribution in [2.45, 2.75) is 20.0 Å². The van der Waals surface area contributed by atoms with E-state index in [1.807, 2.05) is 24.7 Å². The van der Waals surface area contributed by atoms with Crippen LogP contribution in [0.3, 0.4) is 0 Å². The molecular weight excluding hydrogens is 192 g/mol. The molecule has 0 aliphatic carbocycles. The van der Waals surface area contributed by atoms with Gasteiger partial charge in [0.2, 0.25) is 5.89 Å². The Hall–Kier alpha value is -1.62. The zero-order valence-electron chi connectivity index (χ0n) is 8.90. The molecule has 2 heterocycles. The van der Waals surface area contributed by atoms with Gasteiger partial charge in [0.1, 0.15) is 11.6 Å². The van der Waals surface area contributed by atoms with E-state index in [4.69, 9.17) is 4.42 Å². The molecule has 0 aliphatic rings. The molecule has 2 aromatic rings. The van der Waals surface area contributed by atoms with Crippen molar-refractivity contribution in [3.05, 3.63) is 36.1 Å². The van der Waals surface area contributed by atoms with Crippen molar-refractivity contribution >= 4 is 0 Å². The molecule has 2 rings (SSSR count). The van der Waals surface area contributed by atoms with Gasteiger partial charge in [0.15, 0.2) is 0 Å². The summed E-state index contributed by atoms with van der Waals surface area (Å²) in [7, 11) is 1.97. The first-order chi connectivity index (χ1) is 7.25. The quantitative estimate of drug-likeness (QED) is 0.811. The molecule has 2 aromatic heterocycles. The molecule has 0 radical (unpaired) electrons. The van der Waals surface area contributed by atoms with E-state index in [2.05, 4.69) is 15.3 Å². The number of hydrogen-bond acceptors (Lipinski definition) is 4. The Bertz CT molecular complexity index is 432. The lowest BCUT2D eigenvalue weighted by molar-refractivity contribution is 0.446. The van der Waals surface area contributed by atoms with E-state index >= 15 is 0 Å². The smallest absolute Gasteiger partial charge is 0.208 e. The van der Waals surface area contributed by atoms with Crippen LogP contribution in [0.25, 0.3) is 0 Å². The van der Waals surface area contributed by atoms with Crippen LogP contribution in [0.1, 0.15) is 17.5 Å². The summed E-state index contributed by atoms with van der Waals surface area (Å²) in [5, 5.41) is 3.22. The Kier molecular flexibility index (Phi) is 2.82. The molecule has 5 nitrogen and oxygen atoms in total. The normalized spacial score (nSPS) is 10.8. The summed E-state index contributed by atoms with van der Waals surface area (Å²) in [5.41, 5.74) is 0. The van der Waals surface area contributed by atoms with Crippen LogP contribution in [0.4, 0.5) is 0 Å². The van der Waals surface area contributed by atoms with Gasteiger partial charge < -0.3 is 14.3 Å². The number of nitrogens with zero attached hydrogens (tertiary/aromatic N) is 3. The molecule has 80 valence electrons. The van der Waals surface area contributed by atoms with Gasteiger partial charge in [-0.1, -0.05) is 0 Å². The topological polar surface area (TPSA) is 55.9 Å². The summed E-state index contributed by atoms with van der Waals surface area (Å²) >= 11 is 0. The van der Waals surface area contributed by atoms with E-state index in [1.54, 1.807) is 12.4 Å². The average Bonchev–Trinajstić information content (AvgIpc) is 2.77. The highest BCUT2D eigenvalue weighted by Gasteiger charge is 2.01. The molecule has 5 heteroatoms. The minimum Gasteiger partial charge on any atom is -0.445 e. The fraction of sp³-hybridized carbons (Fsp3) is 0.400. The Labute approximate surface area is 88.2 Å². The first-order valence-electron chi connectivity index (χ1n) is 4.84. The van der Waals surface area contributed by atoms with Crippen molar-refractivity contribution in [3.63, 3.8) is 0 Å². The number of hydrogen-bond donors (Lipinski definition) is 1. The highest BCUT2D eigenvalue weighted by molar-refractivity contribution is 4.92. The number of rotatable bonds is 4. The lowest BCUT2D eigenvalue weighted by Gasteiger charge is -2.02. The molecular formula is C10H14N4O. The van der Waals surface area contributed by atoms with Gasteiger partial charge in [0, 0.05) is 19.4 Å². The molecule has 1 N–H and O–H groups in total. The van der Waals surface area contributed by atoms with E-state index in [-0.39, 0.29) is 0 Å². The third kappa shape index (κ3) is 2.44. The van der Waals surface area contributed by atoms with Crippen LogP contribution in [0.2, 0.25) is 0 Å². The molecule has 0 spiro atoms.